The molecule has 1 saturated heterocycles. The van der Waals surface area contributed by atoms with Gasteiger partial charge in [-0.2, -0.15) is 0 Å². The average Bonchev–Trinajstić information content (AvgIpc) is 3.19. The molecule has 2 N–H and O–H groups in total. The van der Waals surface area contributed by atoms with Crippen LogP contribution in [0.5, 0.6) is 0 Å². The number of anilines is 1. The van der Waals surface area contributed by atoms with Gasteiger partial charge in [0.25, 0.3) is 0 Å². The second-order valence-corrected chi connectivity index (χ2v) is 9.17. The van der Waals surface area contributed by atoms with Crippen molar-refractivity contribution in [2.75, 3.05) is 18.0 Å². The van der Waals surface area contributed by atoms with Gasteiger partial charge in [-0.15, -0.1) is 11.3 Å². The Bertz CT molecular complexity index is 1010. The number of pyridine rings is 1. The Balaban J connectivity index is 1.48. The van der Waals surface area contributed by atoms with Crippen molar-refractivity contribution in [2.45, 2.75) is 31.7 Å². The fourth-order valence-corrected chi connectivity index (χ4v) is 5.18. The molecule has 0 radical (unpaired) electrons. The van der Waals surface area contributed by atoms with Crippen LogP contribution in [-0.4, -0.2) is 39.8 Å². The summed E-state index contributed by atoms with van der Waals surface area (Å²) >= 11 is 7.63. The van der Waals surface area contributed by atoms with Crippen molar-refractivity contribution >= 4 is 45.8 Å². The predicted molar refractivity (Wildman–Crippen MR) is 117 cm³/mol. The number of aromatic nitrogens is 2. The SMILES string of the molecule is CC(Cc1cncs1)(NC(=O)O)C1CCN(c2ccc3cc(Cl)ccc3n2)CC1. The highest BCUT2D eigenvalue weighted by Gasteiger charge is 2.38. The molecule has 1 amide bonds. The minimum absolute atomic E-state index is 0.246. The van der Waals surface area contributed by atoms with E-state index in [1.54, 1.807) is 16.8 Å². The molecule has 6 nitrogen and oxygen atoms in total. The maximum absolute atomic E-state index is 11.5. The van der Waals surface area contributed by atoms with Crippen molar-refractivity contribution in [3.63, 3.8) is 0 Å². The number of piperidine rings is 1. The van der Waals surface area contributed by atoms with E-state index in [1.807, 2.05) is 37.4 Å². The lowest BCUT2D eigenvalue weighted by atomic mass is 9.76. The minimum atomic E-state index is -0.977. The lowest BCUT2D eigenvalue weighted by molar-refractivity contribution is 0.151. The molecule has 1 aromatic carbocycles. The van der Waals surface area contributed by atoms with Gasteiger partial charge in [-0.1, -0.05) is 11.6 Å². The first kappa shape index (κ1) is 19.9. The molecule has 0 spiro atoms. The van der Waals surface area contributed by atoms with Crippen molar-refractivity contribution < 1.29 is 9.90 Å². The molecular formula is C21H23ClN4O2S. The lowest BCUT2D eigenvalue weighted by Gasteiger charge is -2.43. The van der Waals surface area contributed by atoms with Crippen LogP contribution in [-0.2, 0) is 6.42 Å². The fraction of sp³-hybridized carbons (Fsp3) is 0.381. The van der Waals surface area contributed by atoms with Crippen LogP contribution in [0.15, 0.2) is 42.0 Å². The normalized spacial score (nSPS) is 17.2. The minimum Gasteiger partial charge on any atom is -0.465 e. The summed E-state index contributed by atoms with van der Waals surface area (Å²) in [5.41, 5.74) is 2.20. The van der Waals surface area contributed by atoms with Crippen LogP contribution in [0.3, 0.4) is 0 Å². The van der Waals surface area contributed by atoms with Crippen LogP contribution in [0.2, 0.25) is 5.02 Å². The van der Waals surface area contributed by atoms with E-state index >= 15 is 0 Å². The number of nitrogens with zero attached hydrogens (tertiary/aromatic N) is 3. The number of nitrogens with one attached hydrogen (secondary N) is 1. The molecule has 3 aromatic rings. The molecule has 1 aliphatic rings. The average molecular weight is 431 g/mol. The molecule has 1 aliphatic heterocycles. The van der Waals surface area contributed by atoms with Gasteiger partial charge in [-0.05, 0) is 56.0 Å². The maximum atomic E-state index is 11.5. The third-order valence-electron chi connectivity index (χ3n) is 5.77. The molecule has 4 rings (SSSR count). The van der Waals surface area contributed by atoms with Gasteiger partial charge in [0.1, 0.15) is 5.82 Å². The first-order valence-corrected chi connectivity index (χ1v) is 10.9. The van der Waals surface area contributed by atoms with Crippen LogP contribution in [0.4, 0.5) is 10.6 Å². The van der Waals surface area contributed by atoms with Gasteiger partial charge in [0, 0.05) is 46.5 Å². The Labute approximate surface area is 178 Å². The smallest absolute Gasteiger partial charge is 0.405 e. The van der Waals surface area contributed by atoms with E-state index in [0.717, 1.165) is 47.5 Å². The Kier molecular flexibility index (Phi) is 5.61. The highest BCUT2D eigenvalue weighted by Crippen LogP contribution is 2.34. The molecule has 0 saturated carbocycles. The number of carboxylic acid groups (broad SMARTS) is 1. The van der Waals surface area contributed by atoms with E-state index in [1.165, 1.54) is 0 Å². The molecule has 0 aliphatic carbocycles. The zero-order valence-corrected chi connectivity index (χ0v) is 17.7. The van der Waals surface area contributed by atoms with E-state index < -0.39 is 11.6 Å². The number of rotatable bonds is 5. The maximum Gasteiger partial charge on any atom is 0.405 e. The number of amides is 1. The van der Waals surface area contributed by atoms with Crippen molar-refractivity contribution in [2.24, 2.45) is 5.92 Å². The van der Waals surface area contributed by atoms with Gasteiger partial charge >= 0.3 is 6.09 Å². The fourth-order valence-electron chi connectivity index (χ4n) is 4.23. The molecule has 3 heterocycles. The standard InChI is InChI=1S/C21H23ClN4O2S/c1-21(25-20(27)28,11-17-12-23-13-29-17)15-6-8-26(9-7-15)19-5-2-14-10-16(22)3-4-18(14)24-19/h2-5,10,12-13,15,25H,6-9,11H2,1H3,(H,27,28). The van der Waals surface area contributed by atoms with Crippen molar-refractivity contribution in [1.29, 1.82) is 0 Å². The molecular weight excluding hydrogens is 408 g/mol. The van der Waals surface area contributed by atoms with Gasteiger partial charge in [0.05, 0.1) is 11.0 Å². The Morgan fingerprint density at radius 3 is 2.83 bits per heavy atom. The monoisotopic (exact) mass is 430 g/mol. The largest absolute Gasteiger partial charge is 0.465 e. The topological polar surface area (TPSA) is 78.3 Å². The number of fused-ring (bicyclic) bond motifs is 1. The quantitative estimate of drug-likeness (QED) is 0.606. The zero-order valence-electron chi connectivity index (χ0n) is 16.1. The van der Waals surface area contributed by atoms with E-state index in [9.17, 15) is 9.90 Å². The van der Waals surface area contributed by atoms with Gasteiger partial charge in [0.2, 0.25) is 0 Å². The number of hydrogen-bond donors (Lipinski definition) is 2. The number of benzene rings is 1. The van der Waals surface area contributed by atoms with E-state index in [2.05, 4.69) is 21.3 Å². The number of carbonyl (C=O) groups is 1. The highest BCUT2D eigenvalue weighted by atomic mass is 35.5. The molecule has 29 heavy (non-hydrogen) atoms. The predicted octanol–water partition coefficient (Wildman–Crippen LogP) is 4.83. The second kappa shape index (κ2) is 8.16. The Hall–Kier alpha value is -2.38. The van der Waals surface area contributed by atoms with Gasteiger partial charge in [-0.25, -0.2) is 9.78 Å². The van der Waals surface area contributed by atoms with Crippen molar-refractivity contribution in [1.82, 2.24) is 15.3 Å². The van der Waals surface area contributed by atoms with Crippen LogP contribution >= 0.6 is 22.9 Å². The Morgan fingerprint density at radius 2 is 2.14 bits per heavy atom. The number of halogens is 1. The van der Waals surface area contributed by atoms with Crippen LogP contribution in [0.1, 0.15) is 24.6 Å². The van der Waals surface area contributed by atoms with Crippen molar-refractivity contribution in [3.8, 4) is 0 Å². The summed E-state index contributed by atoms with van der Waals surface area (Å²) in [6, 6.07) is 9.80. The van der Waals surface area contributed by atoms with E-state index in [0.29, 0.717) is 11.4 Å². The molecule has 1 unspecified atom stereocenters. The van der Waals surface area contributed by atoms with Crippen LogP contribution in [0.25, 0.3) is 10.9 Å². The summed E-state index contributed by atoms with van der Waals surface area (Å²) in [6.07, 6.45) is 3.30. The Morgan fingerprint density at radius 1 is 1.34 bits per heavy atom. The molecule has 0 bridgehead atoms. The van der Waals surface area contributed by atoms with E-state index in [4.69, 9.17) is 16.6 Å². The van der Waals surface area contributed by atoms with Crippen LogP contribution < -0.4 is 10.2 Å². The number of thiazole rings is 1. The first-order valence-electron chi connectivity index (χ1n) is 9.63. The zero-order chi connectivity index (χ0) is 20.4. The lowest BCUT2D eigenvalue weighted by Crippen LogP contribution is -2.55. The summed E-state index contributed by atoms with van der Waals surface area (Å²) in [5, 5.41) is 13.9. The molecule has 152 valence electrons. The molecule has 1 atom stereocenters. The summed E-state index contributed by atoms with van der Waals surface area (Å²) < 4.78 is 0. The summed E-state index contributed by atoms with van der Waals surface area (Å²) in [4.78, 5) is 23.8. The third-order valence-corrected chi connectivity index (χ3v) is 6.79. The molecule has 8 heteroatoms. The highest BCUT2D eigenvalue weighted by molar-refractivity contribution is 7.09. The summed E-state index contributed by atoms with van der Waals surface area (Å²) in [5.74, 6) is 1.20. The molecule has 1 fully saturated rings. The molecule has 2 aromatic heterocycles. The van der Waals surface area contributed by atoms with E-state index in [-0.39, 0.29) is 5.92 Å². The number of hydrogen-bond acceptors (Lipinski definition) is 5. The third kappa shape index (κ3) is 4.46. The first-order chi connectivity index (χ1) is 13.9. The van der Waals surface area contributed by atoms with Gasteiger partial charge < -0.3 is 15.3 Å². The summed E-state index contributed by atoms with van der Waals surface area (Å²) in [7, 11) is 0. The van der Waals surface area contributed by atoms with Crippen LogP contribution in [0, 0.1) is 5.92 Å². The summed E-state index contributed by atoms with van der Waals surface area (Å²) in [6.45, 7) is 3.70. The van der Waals surface area contributed by atoms with Gasteiger partial charge in [-0.3, -0.25) is 4.98 Å². The van der Waals surface area contributed by atoms with Gasteiger partial charge in [0.15, 0.2) is 0 Å². The van der Waals surface area contributed by atoms with Crippen molar-refractivity contribution in [3.05, 3.63) is 51.9 Å². The second-order valence-electron chi connectivity index (χ2n) is 7.76.